The van der Waals surface area contributed by atoms with Crippen LogP contribution in [0.5, 0.6) is 11.5 Å². The lowest BCUT2D eigenvalue weighted by Crippen LogP contribution is -2.36. The molecule has 172 valence electrons. The highest BCUT2D eigenvalue weighted by Crippen LogP contribution is 2.38. The molecule has 4 aromatic rings. The second-order valence-electron chi connectivity index (χ2n) is 8.52. The fourth-order valence-corrected chi connectivity index (χ4v) is 5.73. The summed E-state index contributed by atoms with van der Waals surface area (Å²) in [5.41, 5.74) is 1.89. The van der Waals surface area contributed by atoms with E-state index in [0.717, 1.165) is 40.3 Å². The summed E-state index contributed by atoms with van der Waals surface area (Å²) in [6, 6.07) is 17.6. The summed E-state index contributed by atoms with van der Waals surface area (Å²) in [5, 5.41) is 0.545. The summed E-state index contributed by atoms with van der Waals surface area (Å²) >= 11 is 1.48. The average molecular weight is 474 g/mol. The minimum absolute atomic E-state index is 0.0284. The molecule has 0 bridgehead atoms. The third kappa shape index (κ3) is 3.74. The lowest BCUT2D eigenvalue weighted by Gasteiger charge is -2.27. The second-order valence-corrected chi connectivity index (χ2v) is 9.55. The average Bonchev–Trinajstić information content (AvgIpc) is 3.54. The Morgan fingerprint density at radius 1 is 1.06 bits per heavy atom. The van der Waals surface area contributed by atoms with Crippen molar-refractivity contribution in [2.75, 3.05) is 19.8 Å². The predicted octanol–water partition coefficient (Wildman–Crippen LogP) is 4.26. The van der Waals surface area contributed by atoms with Crippen molar-refractivity contribution in [2.45, 2.75) is 25.4 Å². The van der Waals surface area contributed by atoms with Crippen molar-refractivity contribution >= 4 is 27.5 Å². The van der Waals surface area contributed by atoms with Crippen molar-refractivity contribution in [3.8, 4) is 21.9 Å². The van der Waals surface area contributed by atoms with E-state index in [0.29, 0.717) is 30.0 Å². The van der Waals surface area contributed by atoms with Crippen LogP contribution in [0.4, 0.5) is 0 Å². The zero-order chi connectivity index (χ0) is 23.1. The van der Waals surface area contributed by atoms with Crippen molar-refractivity contribution in [2.24, 2.45) is 0 Å². The Morgan fingerprint density at radius 3 is 2.74 bits per heavy atom. The van der Waals surface area contributed by atoms with E-state index in [4.69, 9.17) is 9.47 Å². The number of amides is 1. The summed E-state index contributed by atoms with van der Waals surface area (Å²) in [5.74, 6) is 1.38. The van der Waals surface area contributed by atoms with Gasteiger partial charge in [-0.1, -0.05) is 36.4 Å². The van der Waals surface area contributed by atoms with Crippen molar-refractivity contribution < 1.29 is 14.3 Å². The molecule has 2 aliphatic heterocycles. The second kappa shape index (κ2) is 8.61. The molecule has 0 aliphatic carbocycles. The van der Waals surface area contributed by atoms with Gasteiger partial charge in [0.15, 0.2) is 11.5 Å². The van der Waals surface area contributed by atoms with Crippen LogP contribution in [0.15, 0.2) is 65.7 Å². The van der Waals surface area contributed by atoms with E-state index in [1.54, 1.807) is 0 Å². The largest absolute Gasteiger partial charge is 0.486 e. The molecule has 34 heavy (non-hydrogen) atoms. The van der Waals surface area contributed by atoms with Crippen LogP contribution < -0.4 is 15.0 Å². The number of hydrogen-bond acceptors (Lipinski definition) is 6. The number of thiophene rings is 1. The number of carbonyl (C=O) groups excluding carboxylic acids is 1. The smallest absolute Gasteiger partial charge is 0.262 e. The lowest BCUT2D eigenvalue weighted by molar-refractivity contribution is -0.132. The standard InChI is InChI=1S/C26H23N3O4S/c30-24(29-10-4-7-20(29)18-8-9-21-22(13-18)33-12-11-32-21)15-28-16-27-25-19(26(28)31)14-23(34-25)17-5-2-1-3-6-17/h1-3,5-6,8-9,13-14,16,20H,4,7,10-12,15H2/t20-/m0/s1. The topological polar surface area (TPSA) is 73.7 Å². The number of benzene rings is 2. The molecule has 0 spiro atoms. The number of fused-ring (bicyclic) bond motifs is 2. The monoisotopic (exact) mass is 473 g/mol. The van der Waals surface area contributed by atoms with Crippen molar-refractivity contribution in [3.63, 3.8) is 0 Å². The molecule has 8 heteroatoms. The molecule has 7 nitrogen and oxygen atoms in total. The maximum Gasteiger partial charge on any atom is 0.262 e. The molecule has 2 aromatic heterocycles. The summed E-state index contributed by atoms with van der Waals surface area (Å²) < 4.78 is 12.8. The molecule has 2 aromatic carbocycles. The minimum Gasteiger partial charge on any atom is -0.486 e. The first-order chi connectivity index (χ1) is 16.7. The number of aromatic nitrogens is 2. The van der Waals surface area contributed by atoms with E-state index in [9.17, 15) is 9.59 Å². The lowest BCUT2D eigenvalue weighted by atomic mass is 10.0. The van der Waals surface area contributed by atoms with Gasteiger partial charge in [0.25, 0.3) is 5.56 Å². The summed E-state index contributed by atoms with van der Waals surface area (Å²) in [7, 11) is 0. The first-order valence-corrected chi connectivity index (χ1v) is 12.2. The first-order valence-electron chi connectivity index (χ1n) is 11.4. The van der Waals surface area contributed by atoms with E-state index >= 15 is 0 Å². The van der Waals surface area contributed by atoms with Gasteiger partial charge in [0.05, 0.1) is 17.8 Å². The molecule has 1 fully saturated rings. The van der Waals surface area contributed by atoms with E-state index in [2.05, 4.69) is 4.98 Å². The van der Waals surface area contributed by atoms with Gasteiger partial charge in [0.1, 0.15) is 24.6 Å². The molecule has 1 atom stereocenters. The number of hydrogen-bond donors (Lipinski definition) is 0. The highest BCUT2D eigenvalue weighted by molar-refractivity contribution is 7.21. The van der Waals surface area contributed by atoms with E-state index in [-0.39, 0.29) is 24.1 Å². The molecule has 0 saturated carbocycles. The third-order valence-electron chi connectivity index (χ3n) is 6.41. The van der Waals surface area contributed by atoms with Gasteiger partial charge < -0.3 is 14.4 Å². The molecule has 4 heterocycles. The Labute approximate surface area is 200 Å². The van der Waals surface area contributed by atoms with Gasteiger partial charge in [-0.2, -0.15) is 0 Å². The van der Waals surface area contributed by atoms with Gasteiger partial charge in [0, 0.05) is 11.4 Å². The Balaban J connectivity index is 1.25. The molecule has 2 aliphatic rings. The molecular weight excluding hydrogens is 450 g/mol. The van der Waals surface area contributed by atoms with Crippen LogP contribution in [0.1, 0.15) is 24.4 Å². The van der Waals surface area contributed by atoms with Crippen molar-refractivity contribution in [1.29, 1.82) is 0 Å². The highest BCUT2D eigenvalue weighted by atomic mass is 32.1. The van der Waals surface area contributed by atoms with Crippen LogP contribution in [0.3, 0.4) is 0 Å². The zero-order valence-electron chi connectivity index (χ0n) is 18.5. The van der Waals surface area contributed by atoms with Gasteiger partial charge >= 0.3 is 0 Å². The molecule has 1 amide bonds. The van der Waals surface area contributed by atoms with E-state index in [1.807, 2.05) is 59.5 Å². The predicted molar refractivity (Wildman–Crippen MR) is 130 cm³/mol. The number of likely N-dealkylation sites (tertiary alicyclic amines) is 1. The Bertz CT molecular complexity index is 1430. The highest BCUT2D eigenvalue weighted by Gasteiger charge is 2.31. The van der Waals surface area contributed by atoms with Crippen LogP contribution >= 0.6 is 11.3 Å². The maximum atomic E-state index is 13.3. The van der Waals surface area contributed by atoms with Gasteiger partial charge in [-0.15, -0.1) is 11.3 Å². The van der Waals surface area contributed by atoms with Gasteiger partial charge in [-0.3, -0.25) is 14.2 Å². The normalized spacial score (nSPS) is 17.3. The molecule has 0 unspecified atom stereocenters. The van der Waals surface area contributed by atoms with Gasteiger partial charge in [-0.05, 0) is 42.2 Å². The van der Waals surface area contributed by atoms with Crippen LogP contribution in [-0.2, 0) is 11.3 Å². The Morgan fingerprint density at radius 2 is 1.88 bits per heavy atom. The Hall–Kier alpha value is -3.65. The summed E-state index contributed by atoms with van der Waals surface area (Å²) in [6.07, 6.45) is 3.29. The third-order valence-corrected chi connectivity index (χ3v) is 7.50. The zero-order valence-corrected chi connectivity index (χ0v) is 19.3. The summed E-state index contributed by atoms with van der Waals surface area (Å²) in [4.78, 5) is 34.5. The van der Waals surface area contributed by atoms with Crippen LogP contribution in [0.25, 0.3) is 20.7 Å². The fourth-order valence-electron chi connectivity index (χ4n) is 4.73. The molecule has 6 rings (SSSR count). The fraction of sp³-hybridized carbons (Fsp3) is 0.269. The number of nitrogens with zero attached hydrogens (tertiary/aromatic N) is 3. The Kier molecular flexibility index (Phi) is 5.30. The maximum absolute atomic E-state index is 13.3. The van der Waals surface area contributed by atoms with E-state index < -0.39 is 0 Å². The van der Waals surface area contributed by atoms with Crippen molar-refractivity contribution in [3.05, 3.63) is 76.8 Å². The summed E-state index contributed by atoms with van der Waals surface area (Å²) in [6.45, 7) is 1.71. The number of rotatable bonds is 4. The van der Waals surface area contributed by atoms with Crippen LogP contribution in [0.2, 0.25) is 0 Å². The van der Waals surface area contributed by atoms with Crippen molar-refractivity contribution in [1.82, 2.24) is 14.5 Å². The molecule has 0 N–H and O–H groups in total. The quantitative estimate of drug-likeness (QED) is 0.443. The number of carbonyl (C=O) groups is 1. The molecule has 0 radical (unpaired) electrons. The van der Waals surface area contributed by atoms with Gasteiger partial charge in [-0.25, -0.2) is 4.98 Å². The van der Waals surface area contributed by atoms with Crippen LogP contribution in [-0.4, -0.2) is 40.1 Å². The molecule has 1 saturated heterocycles. The minimum atomic E-state index is -0.188. The van der Waals surface area contributed by atoms with Crippen LogP contribution in [0, 0.1) is 0 Å². The number of ether oxygens (including phenoxy) is 2. The van der Waals surface area contributed by atoms with E-state index in [1.165, 1.54) is 22.2 Å². The SMILES string of the molecule is O=C(Cn1cnc2sc(-c3ccccc3)cc2c1=O)N1CCC[C@H]1c1ccc2c(c1)OCCO2. The molecular formula is C26H23N3O4S. The van der Waals surface area contributed by atoms with Gasteiger partial charge in [0.2, 0.25) is 5.91 Å². The first kappa shape index (κ1) is 20.9.